The van der Waals surface area contributed by atoms with Crippen molar-refractivity contribution in [1.82, 2.24) is 0 Å². The van der Waals surface area contributed by atoms with Gasteiger partial charge in [0.25, 0.3) is 0 Å². The molecule has 2 rings (SSSR count). The van der Waals surface area contributed by atoms with Crippen molar-refractivity contribution >= 4 is 34.0 Å². The molecule has 18 heavy (non-hydrogen) atoms. The molecule has 0 amide bonds. The van der Waals surface area contributed by atoms with Crippen LogP contribution in [0.1, 0.15) is 37.6 Å². The van der Waals surface area contributed by atoms with Crippen LogP contribution in [0.15, 0.2) is 36.4 Å². The van der Waals surface area contributed by atoms with E-state index in [1.165, 1.54) is 10.9 Å². The molecule has 2 aromatic rings. The Hall–Kier alpha value is -0.720. The molecule has 0 saturated heterocycles. The highest BCUT2D eigenvalue weighted by Gasteiger charge is 2.20. The Morgan fingerprint density at radius 2 is 1.56 bits per heavy atom. The second kappa shape index (κ2) is 5.95. The van der Waals surface area contributed by atoms with Crippen molar-refractivity contribution in [2.45, 2.75) is 32.1 Å². The molecule has 0 fully saturated rings. The minimum Gasteiger partial charge on any atom is -0.117 e. The van der Waals surface area contributed by atoms with Gasteiger partial charge >= 0.3 is 0 Å². The van der Waals surface area contributed by atoms with Gasteiger partial charge in [-0.25, -0.2) is 0 Å². The lowest BCUT2D eigenvalue weighted by atomic mass is 9.91. The molecule has 0 aliphatic rings. The Kier molecular flexibility index (Phi) is 4.53. The maximum atomic E-state index is 6.66. The Bertz CT molecular complexity index is 530. The second-order valence-electron chi connectivity index (χ2n) is 4.66. The monoisotopic (exact) mass is 280 g/mol. The van der Waals surface area contributed by atoms with Gasteiger partial charge in [-0.2, -0.15) is 0 Å². The van der Waals surface area contributed by atoms with Gasteiger partial charge in [-0.1, -0.05) is 68.6 Å². The Labute approximate surface area is 119 Å². The molecule has 0 spiro atoms. The molecule has 0 radical (unpaired) electrons. The van der Waals surface area contributed by atoms with Gasteiger partial charge in [0.05, 0.1) is 5.38 Å². The lowest BCUT2D eigenvalue weighted by molar-refractivity contribution is 0.477. The van der Waals surface area contributed by atoms with Crippen molar-refractivity contribution < 1.29 is 0 Å². The summed E-state index contributed by atoms with van der Waals surface area (Å²) in [5.74, 6) is 0.510. The van der Waals surface area contributed by atoms with Crippen LogP contribution in [0, 0.1) is 5.92 Å². The van der Waals surface area contributed by atoms with Crippen LogP contribution in [-0.2, 0) is 0 Å². The molecule has 0 heterocycles. The number of benzene rings is 2. The highest BCUT2D eigenvalue weighted by molar-refractivity contribution is 6.35. The Balaban J connectivity index is 2.54. The van der Waals surface area contributed by atoms with E-state index in [-0.39, 0.29) is 5.38 Å². The first-order valence-electron chi connectivity index (χ1n) is 6.50. The second-order valence-corrected chi connectivity index (χ2v) is 5.54. The molecule has 0 aliphatic heterocycles. The fraction of sp³-hybridized carbons (Fsp3) is 0.375. The normalized spacial score (nSPS) is 13.2. The molecule has 0 aliphatic carbocycles. The molecule has 0 saturated carbocycles. The maximum absolute atomic E-state index is 6.66. The van der Waals surface area contributed by atoms with E-state index in [1.807, 2.05) is 18.2 Å². The summed E-state index contributed by atoms with van der Waals surface area (Å²) in [6, 6.07) is 12.2. The molecule has 2 aromatic carbocycles. The van der Waals surface area contributed by atoms with E-state index < -0.39 is 0 Å². The van der Waals surface area contributed by atoms with E-state index in [0.29, 0.717) is 5.92 Å². The van der Waals surface area contributed by atoms with Crippen LogP contribution in [0.3, 0.4) is 0 Å². The quantitative estimate of drug-likeness (QED) is 0.584. The van der Waals surface area contributed by atoms with Gasteiger partial charge in [-0.3, -0.25) is 0 Å². The van der Waals surface area contributed by atoms with Gasteiger partial charge in [0.2, 0.25) is 0 Å². The van der Waals surface area contributed by atoms with E-state index in [0.717, 1.165) is 23.3 Å². The summed E-state index contributed by atoms with van der Waals surface area (Å²) in [6.45, 7) is 4.39. The zero-order chi connectivity index (χ0) is 13.1. The van der Waals surface area contributed by atoms with Crippen LogP contribution in [0.5, 0.6) is 0 Å². The Morgan fingerprint density at radius 1 is 0.944 bits per heavy atom. The average Bonchev–Trinajstić information content (AvgIpc) is 2.41. The molecule has 1 unspecified atom stereocenters. The SMILES string of the molecule is CCC(CC)C(Cl)c1ccc(Cl)c2ccccc12. The number of fused-ring (bicyclic) bond motifs is 1. The summed E-state index contributed by atoms with van der Waals surface area (Å²) in [6.07, 6.45) is 2.20. The van der Waals surface area contributed by atoms with Crippen molar-refractivity contribution in [2.75, 3.05) is 0 Å². The summed E-state index contributed by atoms with van der Waals surface area (Å²) < 4.78 is 0. The third-order valence-corrected chi connectivity index (χ3v) is 4.59. The van der Waals surface area contributed by atoms with E-state index in [4.69, 9.17) is 23.2 Å². The Morgan fingerprint density at radius 3 is 2.17 bits per heavy atom. The van der Waals surface area contributed by atoms with Crippen molar-refractivity contribution in [3.8, 4) is 0 Å². The molecule has 0 aromatic heterocycles. The predicted octanol–water partition coefficient (Wildman–Crippen LogP) is 6.21. The summed E-state index contributed by atoms with van der Waals surface area (Å²) in [4.78, 5) is 0. The van der Waals surface area contributed by atoms with Crippen molar-refractivity contribution in [3.05, 3.63) is 47.0 Å². The fourth-order valence-electron chi connectivity index (χ4n) is 2.48. The van der Waals surface area contributed by atoms with Crippen LogP contribution >= 0.6 is 23.2 Å². The largest absolute Gasteiger partial charge is 0.117 e. The lowest BCUT2D eigenvalue weighted by Gasteiger charge is -2.21. The lowest BCUT2D eigenvalue weighted by Crippen LogP contribution is -2.06. The topological polar surface area (TPSA) is 0 Å². The van der Waals surface area contributed by atoms with Gasteiger partial charge in [0, 0.05) is 10.4 Å². The highest BCUT2D eigenvalue weighted by atomic mass is 35.5. The predicted molar refractivity (Wildman–Crippen MR) is 81.6 cm³/mol. The summed E-state index contributed by atoms with van der Waals surface area (Å²) in [5, 5.41) is 3.12. The molecule has 0 N–H and O–H groups in total. The first-order valence-corrected chi connectivity index (χ1v) is 7.31. The average molecular weight is 281 g/mol. The maximum Gasteiger partial charge on any atom is 0.0619 e. The highest BCUT2D eigenvalue weighted by Crippen LogP contribution is 2.38. The molecule has 1 atom stereocenters. The first kappa shape index (κ1) is 13.7. The van der Waals surface area contributed by atoms with Gasteiger partial charge in [-0.05, 0) is 22.9 Å². The number of halogens is 2. The third-order valence-electron chi connectivity index (χ3n) is 3.66. The van der Waals surface area contributed by atoms with Crippen molar-refractivity contribution in [2.24, 2.45) is 5.92 Å². The zero-order valence-corrected chi connectivity index (χ0v) is 12.3. The van der Waals surface area contributed by atoms with Crippen LogP contribution in [-0.4, -0.2) is 0 Å². The molecule has 96 valence electrons. The summed E-state index contributed by atoms with van der Waals surface area (Å²) in [7, 11) is 0. The van der Waals surface area contributed by atoms with Gasteiger partial charge < -0.3 is 0 Å². The van der Waals surface area contributed by atoms with Gasteiger partial charge in [0.15, 0.2) is 0 Å². The molecular formula is C16H18Cl2. The fourth-order valence-corrected chi connectivity index (χ4v) is 3.26. The van der Waals surface area contributed by atoms with Crippen LogP contribution in [0.25, 0.3) is 10.8 Å². The van der Waals surface area contributed by atoms with Crippen LogP contribution in [0.4, 0.5) is 0 Å². The number of hydrogen-bond donors (Lipinski definition) is 0. The third kappa shape index (κ3) is 2.50. The van der Waals surface area contributed by atoms with E-state index >= 15 is 0 Å². The number of hydrogen-bond acceptors (Lipinski definition) is 0. The van der Waals surface area contributed by atoms with Crippen LogP contribution < -0.4 is 0 Å². The molecular weight excluding hydrogens is 263 g/mol. The minimum absolute atomic E-state index is 0.0576. The first-order chi connectivity index (χ1) is 8.69. The number of rotatable bonds is 4. The van der Waals surface area contributed by atoms with E-state index in [1.54, 1.807) is 0 Å². The summed E-state index contributed by atoms with van der Waals surface area (Å²) in [5.41, 5.74) is 1.20. The van der Waals surface area contributed by atoms with Crippen molar-refractivity contribution in [3.63, 3.8) is 0 Å². The molecule has 0 bridgehead atoms. The van der Waals surface area contributed by atoms with Gasteiger partial charge in [-0.15, -0.1) is 11.6 Å². The van der Waals surface area contributed by atoms with Crippen LogP contribution in [0.2, 0.25) is 5.02 Å². The zero-order valence-electron chi connectivity index (χ0n) is 10.8. The van der Waals surface area contributed by atoms with E-state index in [9.17, 15) is 0 Å². The van der Waals surface area contributed by atoms with Gasteiger partial charge in [0.1, 0.15) is 0 Å². The number of alkyl halides is 1. The standard InChI is InChI=1S/C16H18Cl2/c1-3-11(4-2)16(18)14-9-10-15(17)13-8-6-5-7-12(13)14/h5-11,16H,3-4H2,1-2H3. The summed E-state index contributed by atoms with van der Waals surface area (Å²) >= 11 is 12.9. The smallest absolute Gasteiger partial charge is 0.0619 e. The van der Waals surface area contributed by atoms with Crippen molar-refractivity contribution in [1.29, 1.82) is 0 Å². The minimum atomic E-state index is 0.0576. The van der Waals surface area contributed by atoms with E-state index in [2.05, 4.69) is 32.0 Å². The molecule has 0 nitrogen and oxygen atoms in total. The molecule has 2 heteroatoms.